The summed E-state index contributed by atoms with van der Waals surface area (Å²) in [6.45, 7) is 6.67. The number of amides is 2. The summed E-state index contributed by atoms with van der Waals surface area (Å²) in [4.78, 5) is 37.6. The van der Waals surface area contributed by atoms with Crippen molar-refractivity contribution in [1.82, 2.24) is 10.6 Å². The highest BCUT2D eigenvalue weighted by molar-refractivity contribution is 5.85. The fraction of sp³-hybridized carbons (Fsp3) is 0.880. The Bertz CT molecular complexity index is 948. The number of hydrogen-bond acceptors (Lipinski definition) is 13. The van der Waals surface area contributed by atoms with Crippen LogP contribution in [0.3, 0.4) is 0 Å². The molecule has 228 valence electrons. The molecule has 4 aliphatic heterocycles. The number of fused-ring (bicyclic) bond motifs is 2. The van der Waals surface area contributed by atoms with E-state index < -0.39 is 90.6 Å². The molecule has 0 unspecified atom stereocenters. The van der Waals surface area contributed by atoms with Crippen LogP contribution in [0.1, 0.15) is 40.5 Å². The Morgan fingerprint density at radius 2 is 1.32 bits per heavy atom. The fourth-order valence-electron chi connectivity index (χ4n) is 5.56. The van der Waals surface area contributed by atoms with Gasteiger partial charge in [0.1, 0.15) is 36.6 Å². The molecule has 0 bridgehead atoms. The molecule has 0 radical (unpaired) electrons. The van der Waals surface area contributed by atoms with Crippen LogP contribution in [0.25, 0.3) is 0 Å². The first kappa shape index (κ1) is 31.0. The fourth-order valence-corrected chi connectivity index (χ4v) is 5.56. The van der Waals surface area contributed by atoms with Gasteiger partial charge in [0.25, 0.3) is 0 Å². The van der Waals surface area contributed by atoms with Crippen LogP contribution >= 0.6 is 0 Å². The second-order valence-corrected chi connectivity index (χ2v) is 11.1. The van der Waals surface area contributed by atoms with Crippen molar-refractivity contribution in [3.63, 3.8) is 0 Å². The molecule has 0 saturated carbocycles. The summed E-state index contributed by atoms with van der Waals surface area (Å²) in [7, 11) is 4.23. The number of nitrogens with two attached hydrogens (primary N) is 1. The molecule has 4 N–H and O–H groups in total. The lowest BCUT2D eigenvalue weighted by atomic mass is 10.00. The maximum absolute atomic E-state index is 12.8. The van der Waals surface area contributed by atoms with Crippen molar-refractivity contribution in [2.75, 3.05) is 27.9 Å². The first-order valence-electron chi connectivity index (χ1n) is 13.2. The molecule has 0 spiro atoms. The first-order valence-corrected chi connectivity index (χ1v) is 13.2. The minimum atomic E-state index is -0.869. The third kappa shape index (κ3) is 6.74. The molecular formula is C25H41N3O12. The normalized spacial score (nSPS) is 36.9. The van der Waals surface area contributed by atoms with Crippen LogP contribution < -0.4 is 16.4 Å². The molecule has 4 fully saturated rings. The lowest BCUT2D eigenvalue weighted by molar-refractivity contribution is -0.220. The van der Waals surface area contributed by atoms with Crippen molar-refractivity contribution in [3.8, 4) is 0 Å². The van der Waals surface area contributed by atoms with E-state index in [1.54, 1.807) is 27.7 Å². The molecule has 15 heteroatoms. The van der Waals surface area contributed by atoms with Crippen LogP contribution in [-0.4, -0.2) is 119 Å². The lowest BCUT2D eigenvalue weighted by Crippen LogP contribution is -2.53. The van der Waals surface area contributed by atoms with E-state index in [0.717, 1.165) is 0 Å². The van der Waals surface area contributed by atoms with Gasteiger partial charge >= 0.3 is 5.97 Å². The van der Waals surface area contributed by atoms with Gasteiger partial charge in [0.2, 0.25) is 11.8 Å². The van der Waals surface area contributed by atoms with Crippen molar-refractivity contribution >= 4 is 17.8 Å². The van der Waals surface area contributed by atoms with Gasteiger partial charge in [0.05, 0.1) is 26.1 Å². The topological polar surface area (TPSA) is 184 Å². The van der Waals surface area contributed by atoms with Gasteiger partial charge in [-0.15, -0.1) is 0 Å². The molecule has 15 nitrogen and oxygen atoms in total. The van der Waals surface area contributed by atoms with Gasteiger partial charge in [-0.05, 0) is 27.7 Å². The van der Waals surface area contributed by atoms with Crippen LogP contribution in [0, 0.1) is 0 Å². The number of rotatable bonds is 11. The second-order valence-electron chi connectivity index (χ2n) is 11.1. The number of ether oxygens (including phenoxy) is 9. The molecule has 4 saturated heterocycles. The molecule has 0 aromatic rings. The number of carbonyl (C=O) groups excluding carboxylic acids is 3. The molecular weight excluding hydrogens is 534 g/mol. The molecule has 2 amide bonds. The van der Waals surface area contributed by atoms with Gasteiger partial charge in [-0.2, -0.15) is 0 Å². The summed E-state index contributed by atoms with van der Waals surface area (Å²) in [5.41, 5.74) is 6.27. The molecule has 10 atom stereocenters. The SMILES string of the molecule is COC(=O)C[C@H](NC(=O)CNC(=O)C[C@H](N)[C@H]1O[C@@H]2OC(C)(C)O[C@@H]2[C@H]1OC)[C@H]1O[C@@H]2OC(C)(C)O[C@@H]2[C@H]1OC. The highest BCUT2D eigenvalue weighted by atomic mass is 16.9. The Labute approximate surface area is 232 Å². The predicted octanol–water partition coefficient (Wildman–Crippen LogP) is -1.35. The largest absolute Gasteiger partial charge is 0.469 e. The number of nitrogens with one attached hydrogen (secondary N) is 2. The average molecular weight is 576 g/mol. The Balaban J connectivity index is 1.30. The van der Waals surface area contributed by atoms with Crippen molar-refractivity contribution in [2.24, 2.45) is 5.73 Å². The smallest absolute Gasteiger partial charge is 0.307 e. The zero-order valence-electron chi connectivity index (χ0n) is 23.9. The maximum Gasteiger partial charge on any atom is 0.307 e. The molecule has 4 aliphatic rings. The van der Waals surface area contributed by atoms with Crippen molar-refractivity contribution < 1.29 is 57.0 Å². The summed E-state index contributed by atoms with van der Waals surface area (Å²) >= 11 is 0. The van der Waals surface area contributed by atoms with Crippen molar-refractivity contribution in [3.05, 3.63) is 0 Å². The third-order valence-corrected chi connectivity index (χ3v) is 7.24. The molecule has 0 aliphatic carbocycles. The van der Waals surface area contributed by atoms with E-state index in [1.165, 1.54) is 21.3 Å². The second kappa shape index (κ2) is 12.1. The van der Waals surface area contributed by atoms with E-state index in [-0.39, 0.29) is 19.4 Å². The van der Waals surface area contributed by atoms with E-state index in [2.05, 4.69) is 10.6 Å². The highest BCUT2D eigenvalue weighted by Crippen LogP contribution is 2.41. The van der Waals surface area contributed by atoms with Crippen LogP contribution in [0.2, 0.25) is 0 Å². The van der Waals surface area contributed by atoms with Crippen LogP contribution in [-0.2, 0) is 57.0 Å². The summed E-state index contributed by atoms with van der Waals surface area (Å²) in [5.74, 6) is -3.29. The van der Waals surface area contributed by atoms with Gasteiger partial charge in [-0.1, -0.05) is 0 Å². The van der Waals surface area contributed by atoms with Gasteiger partial charge in [-0.3, -0.25) is 14.4 Å². The van der Waals surface area contributed by atoms with Gasteiger partial charge in [-0.25, -0.2) is 0 Å². The summed E-state index contributed by atoms with van der Waals surface area (Å²) in [5, 5.41) is 5.28. The highest BCUT2D eigenvalue weighted by Gasteiger charge is 2.58. The minimum absolute atomic E-state index is 0.141. The lowest BCUT2D eigenvalue weighted by Gasteiger charge is -2.30. The first-order chi connectivity index (χ1) is 18.8. The zero-order chi connectivity index (χ0) is 29.4. The molecule has 0 aromatic carbocycles. The molecule has 40 heavy (non-hydrogen) atoms. The third-order valence-electron chi connectivity index (χ3n) is 7.24. The van der Waals surface area contributed by atoms with Crippen LogP contribution in [0.4, 0.5) is 0 Å². The Kier molecular flexibility index (Phi) is 9.39. The van der Waals surface area contributed by atoms with E-state index in [1.807, 2.05) is 0 Å². The summed E-state index contributed by atoms with van der Waals surface area (Å²) in [6.07, 6.45) is -5.37. The standard InChI is InChI=1S/C25H41N3O12/c1-24(2)37-20-18(33-6)16(35-22(20)39-24)11(26)8-13(29)27-10-14(30)28-12(9-15(31)32-5)17-19(34-7)21-23(36-17)40-25(3,4)38-21/h11-12,16-23H,8-10,26H2,1-7H3,(H,27,29)(H,28,30)/t11-,12-,16+,17+,18-,19-,20+,21+,22+,23+/m0/s1. The van der Waals surface area contributed by atoms with Crippen molar-refractivity contribution in [2.45, 2.75) is 113 Å². The Morgan fingerprint density at radius 1 is 0.800 bits per heavy atom. The monoisotopic (exact) mass is 575 g/mol. The average Bonchev–Trinajstić information content (AvgIpc) is 3.55. The van der Waals surface area contributed by atoms with E-state index >= 15 is 0 Å². The maximum atomic E-state index is 12.8. The summed E-state index contributed by atoms with van der Waals surface area (Å²) < 4.78 is 51.1. The number of methoxy groups -OCH3 is 3. The van der Waals surface area contributed by atoms with Gasteiger partial charge < -0.3 is 59.0 Å². The van der Waals surface area contributed by atoms with Crippen LogP contribution in [0.15, 0.2) is 0 Å². The number of esters is 1. The molecule has 4 rings (SSSR count). The number of hydrogen-bond donors (Lipinski definition) is 3. The van der Waals surface area contributed by atoms with Gasteiger partial charge in [0.15, 0.2) is 24.2 Å². The van der Waals surface area contributed by atoms with Crippen molar-refractivity contribution in [1.29, 1.82) is 0 Å². The quantitative estimate of drug-likeness (QED) is 0.246. The predicted molar refractivity (Wildman–Crippen MR) is 133 cm³/mol. The van der Waals surface area contributed by atoms with Gasteiger partial charge in [0, 0.05) is 26.7 Å². The van der Waals surface area contributed by atoms with E-state index in [4.69, 9.17) is 48.4 Å². The zero-order valence-corrected chi connectivity index (χ0v) is 23.9. The Hall–Kier alpha value is -1.95. The Morgan fingerprint density at radius 3 is 1.85 bits per heavy atom. The van der Waals surface area contributed by atoms with Crippen LogP contribution in [0.5, 0.6) is 0 Å². The van der Waals surface area contributed by atoms with E-state index in [9.17, 15) is 14.4 Å². The summed E-state index contributed by atoms with van der Waals surface area (Å²) in [6, 6.07) is -1.60. The molecule has 4 heterocycles. The molecule has 0 aromatic heterocycles. The number of carbonyl (C=O) groups is 3. The van der Waals surface area contributed by atoms with E-state index in [0.29, 0.717) is 0 Å². The minimum Gasteiger partial charge on any atom is -0.469 e.